The molecule has 0 spiro atoms. The Morgan fingerprint density at radius 1 is 1.26 bits per heavy atom. The van der Waals surface area contributed by atoms with E-state index in [0.717, 1.165) is 6.21 Å². The molecule has 4 heteroatoms. The number of halogens is 1. The van der Waals surface area contributed by atoms with Gasteiger partial charge in [-0.05, 0) is 31.2 Å². The summed E-state index contributed by atoms with van der Waals surface area (Å²) in [6.07, 6.45) is 1.12. The van der Waals surface area contributed by atoms with Gasteiger partial charge in [-0.1, -0.05) is 18.2 Å². The molecule has 0 unspecified atom stereocenters. The van der Waals surface area contributed by atoms with Gasteiger partial charge in [0.1, 0.15) is 5.82 Å². The molecule has 0 saturated heterocycles. The number of nitrogens with one attached hydrogen (secondary N) is 2. The summed E-state index contributed by atoms with van der Waals surface area (Å²) in [5.41, 5.74) is 2.15. The maximum atomic E-state index is 13.1. The van der Waals surface area contributed by atoms with Crippen LogP contribution in [0.4, 0.5) is 15.8 Å². The molecule has 0 heterocycles. The zero-order valence-corrected chi connectivity index (χ0v) is 10.4. The van der Waals surface area contributed by atoms with Gasteiger partial charge >= 0.3 is 0 Å². The van der Waals surface area contributed by atoms with Crippen LogP contribution >= 0.6 is 0 Å². The second-order valence-electron chi connectivity index (χ2n) is 4.10. The zero-order chi connectivity index (χ0) is 13.8. The Morgan fingerprint density at radius 3 is 2.63 bits per heavy atom. The van der Waals surface area contributed by atoms with Crippen molar-refractivity contribution in [2.45, 2.75) is 6.92 Å². The number of rotatable bonds is 4. The second-order valence-corrected chi connectivity index (χ2v) is 4.10. The number of benzene rings is 2. The lowest BCUT2D eigenvalue weighted by Gasteiger charge is -2.12. The summed E-state index contributed by atoms with van der Waals surface area (Å²) < 4.78 is 13.1. The van der Waals surface area contributed by atoms with E-state index in [2.05, 4.69) is 5.32 Å². The normalized spacial score (nSPS) is 10.0. The van der Waals surface area contributed by atoms with Crippen molar-refractivity contribution < 1.29 is 9.18 Å². The first-order valence-electron chi connectivity index (χ1n) is 5.79. The van der Waals surface area contributed by atoms with Crippen LogP contribution in [0.2, 0.25) is 0 Å². The van der Waals surface area contributed by atoms with E-state index in [4.69, 9.17) is 5.41 Å². The van der Waals surface area contributed by atoms with Gasteiger partial charge in [-0.2, -0.15) is 0 Å². The van der Waals surface area contributed by atoms with Crippen molar-refractivity contribution in [1.29, 1.82) is 5.41 Å². The monoisotopic (exact) mass is 256 g/mol. The van der Waals surface area contributed by atoms with E-state index in [0.29, 0.717) is 22.5 Å². The first kappa shape index (κ1) is 13.0. The number of hydrogen-bond donors (Lipinski definition) is 2. The lowest BCUT2D eigenvalue weighted by atomic mass is 10.0. The number of carbonyl (C=O) groups is 1. The van der Waals surface area contributed by atoms with Crippen molar-refractivity contribution >= 4 is 23.4 Å². The van der Waals surface area contributed by atoms with Gasteiger partial charge in [0.15, 0.2) is 5.78 Å². The molecule has 0 radical (unpaired) electrons. The van der Waals surface area contributed by atoms with Crippen LogP contribution in [0.25, 0.3) is 0 Å². The van der Waals surface area contributed by atoms with E-state index < -0.39 is 0 Å². The summed E-state index contributed by atoms with van der Waals surface area (Å²) in [7, 11) is 0. The van der Waals surface area contributed by atoms with Crippen molar-refractivity contribution in [2.24, 2.45) is 0 Å². The molecule has 0 aromatic heterocycles. The molecule has 2 rings (SSSR count). The lowest BCUT2D eigenvalue weighted by molar-refractivity contribution is 0.101. The quantitative estimate of drug-likeness (QED) is 0.646. The number of Topliss-reactive ketones (excluding diaryl/α,β-unsaturated/α-hetero) is 1. The highest BCUT2D eigenvalue weighted by Crippen LogP contribution is 2.23. The smallest absolute Gasteiger partial charge is 0.160 e. The Bertz CT molecular complexity index is 638. The molecule has 2 N–H and O–H groups in total. The highest BCUT2D eigenvalue weighted by molar-refractivity contribution is 6.05. The molecule has 0 aliphatic rings. The Morgan fingerprint density at radius 2 is 2.00 bits per heavy atom. The summed E-state index contributed by atoms with van der Waals surface area (Å²) in [5, 5.41) is 10.5. The van der Waals surface area contributed by atoms with Gasteiger partial charge < -0.3 is 10.7 Å². The van der Waals surface area contributed by atoms with Crippen molar-refractivity contribution in [2.75, 3.05) is 5.32 Å². The second kappa shape index (κ2) is 5.44. The molecule has 0 fully saturated rings. The van der Waals surface area contributed by atoms with Gasteiger partial charge in [0, 0.05) is 28.7 Å². The summed E-state index contributed by atoms with van der Waals surface area (Å²) in [6, 6.07) is 11.2. The van der Waals surface area contributed by atoms with Crippen molar-refractivity contribution in [1.82, 2.24) is 0 Å². The minimum absolute atomic E-state index is 0.110. The van der Waals surface area contributed by atoms with Crippen LogP contribution in [-0.2, 0) is 0 Å². The van der Waals surface area contributed by atoms with Gasteiger partial charge in [-0.25, -0.2) is 4.39 Å². The molecule has 2 aromatic rings. The van der Waals surface area contributed by atoms with Crippen LogP contribution in [0.1, 0.15) is 22.8 Å². The highest BCUT2D eigenvalue weighted by Gasteiger charge is 2.10. The van der Waals surface area contributed by atoms with Gasteiger partial charge in [0.2, 0.25) is 0 Å². The van der Waals surface area contributed by atoms with Crippen LogP contribution in [0, 0.1) is 11.2 Å². The van der Waals surface area contributed by atoms with Crippen LogP contribution in [0.15, 0.2) is 42.5 Å². The highest BCUT2D eigenvalue weighted by atomic mass is 19.1. The molecule has 0 aliphatic heterocycles. The summed E-state index contributed by atoms with van der Waals surface area (Å²) >= 11 is 0. The molecule has 0 amide bonds. The van der Waals surface area contributed by atoms with Gasteiger partial charge in [0.05, 0.1) is 0 Å². The molecular weight excluding hydrogens is 243 g/mol. The van der Waals surface area contributed by atoms with Crippen LogP contribution < -0.4 is 5.32 Å². The third-order valence-corrected chi connectivity index (χ3v) is 2.73. The van der Waals surface area contributed by atoms with Crippen LogP contribution in [0.5, 0.6) is 0 Å². The fraction of sp³-hybridized carbons (Fsp3) is 0.0667. The van der Waals surface area contributed by atoms with Crippen LogP contribution in [-0.4, -0.2) is 12.0 Å². The zero-order valence-electron chi connectivity index (χ0n) is 10.4. The Labute approximate surface area is 110 Å². The van der Waals surface area contributed by atoms with Gasteiger partial charge in [-0.3, -0.25) is 4.79 Å². The average Bonchev–Trinajstić information content (AvgIpc) is 2.38. The predicted molar refractivity (Wildman–Crippen MR) is 74.0 cm³/mol. The third kappa shape index (κ3) is 2.85. The molecule has 0 atom stereocenters. The summed E-state index contributed by atoms with van der Waals surface area (Å²) in [4.78, 5) is 11.5. The number of hydrogen-bond acceptors (Lipinski definition) is 3. The topological polar surface area (TPSA) is 53.0 Å². The number of ketones is 1. The SMILES string of the molecule is CC(=O)c1cccc(Nc2cccc(F)c2)c1C=N. The predicted octanol–water partition coefficient (Wildman–Crippen LogP) is 3.77. The molecule has 19 heavy (non-hydrogen) atoms. The van der Waals surface area contributed by atoms with Gasteiger partial charge in [0.25, 0.3) is 0 Å². The number of anilines is 2. The minimum Gasteiger partial charge on any atom is -0.355 e. The van der Waals surface area contributed by atoms with Crippen LogP contribution in [0.3, 0.4) is 0 Å². The third-order valence-electron chi connectivity index (χ3n) is 2.73. The maximum absolute atomic E-state index is 13.1. The Hall–Kier alpha value is -2.49. The van der Waals surface area contributed by atoms with E-state index in [1.807, 2.05) is 0 Å². The molecule has 96 valence electrons. The van der Waals surface area contributed by atoms with E-state index in [-0.39, 0.29) is 11.6 Å². The van der Waals surface area contributed by atoms with Crippen molar-refractivity contribution in [3.63, 3.8) is 0 Å². The number of carbonyl (C=O) groups excluding carboxylic acids is 1. The minimum atomic E-state index is -0.343. The summed E-state index contributed by atoms with van der Waals surface area (Å²) in [5.74, 6) is -0.453. The maximum Gasteiger partial charge on any atom is 0.160 e. The molecule has 3 nitrogen and oxygen atoms in total. The van der Waals surface area contributed by atoms with E-state index >= 15 is 0 Å². The van der Waals surface area contributed by atoms with E-state index in [1.54, 1.807) is 30.3 Å². The molecule has 2 aromatic carbocycles. The molecule has 0 bridgehead atoms. The average molecular weight is 256 g/mol. The fourth-order valence-corrected chi connectivity index (χ4v) is 1.86. The Balaban J connectivity index is 2.43. The van der Waals surface area contributed by atoms with E-state index in [9.17, 15) is 9.18 Å². The first-order valence-corrected chi connectivity index (χ1v) is 5.79. The molecular formula is C15H13FN2O. The molecule has 0 aliphatic carbocycles. The standard InChI is InChI=1S/C15H13FN2O/c1-10(19)13-6-3-7-15(14(13)9-17)18-12-5-2-4-11(16)8-12/h2-9,17-18H,1H3. The first-order chi connectivity index (χ1) is 9.11. The largest absolute Gasteiger partial charge is 0.355 e. The van der Waals surface area contributed by atoms with Crippen molar-refractivity contribution in [3.05, 3.63) is 59.4 Å². The Kier molecular flexibility index (Phi) is 3.71. The van der Waals surface area contributed by atoms with Crippen molar-refractivity contribution in [3.8, 4) is 0 Å². The molecule has 0 saturated carbocycles. The van der Waals surface area contributed by atoms with Gasteiger partial charge in [-0.15, -0.1) is 0 Å². The lowest BCUT2D eigenvalue weighted by Crippen LogP contribution is -2.03. The fourth-order valence-electron chi connectivity index (χ4n) is 1.86. The van der Waals surface area contributed by atoms with E-state index in [1.165, 1.54) is 19.1 Å². The summed E-state index contributed by atoms with van der Waals surface area (Å²) in [6.45, 7) is 1.45.